The molecule has 11 nitrogen and oxygen atoms in total. The number of hydrogen-bond acceptors (Lipinski definition) is 9. The van der Waals surface area contributed by atoms with Crippen molar-refractivity contribution in [3.05, 3.63) is 36.1 Å². The molecule has 1 N–H and O–H groups in total. The molecule has 0 spiro atoms. The first-order valence-corrected chi connectivity index (χ1v) is 11.1. The van der Waals surface area contributed by atoms with E-state index in [-0.39, 0.29) is 11.5 Å². The maximum absolute atomic E-state index is 6.24. The minimum absolute atomic E-state index is 0.108. The Hall–Kier alpha value is -3.57. The summed E-state index contributed by atoms with van der Waals surface area (Å²) in [6, 6.07) is 3.67. The number of hydrogen-bond donors (Lipinski definition) is 1. The van der Waals surface area contributed by atoms with Crippen LogP contribution in [0.4, 0.5) is 11.6 Å². The van der Waals surface area contributed by atoms with E-state index in [1.165, 1.54) is 0 Å². The molecule has 1 atom stereocenters. The third-order valence-corrected chi connectivity index (χ3v) is 5.80. The van der Waals surface area contributed by atoms with E-state index in [1.807, 2.05) is 22.9 Å². The fourth-order valence-corrected chi connectivity index (χ4v) is 4.15. The number of rotatable bonds is 7. The Labute approximate surface area is 200 Å². The van der Waals surface area contributed by atoms with Gasteiger partial charge < -0.3 is 28.8 Å². The first-order chi connectivity index (χ1) is 16.6. The smallest absolute Gasteiger partial charge is 0.226 e. The number of fused-ring (bicyclic) bond motifs is 1. The first-order valence-electron chi connectivity index (χ1n) is 10.7. The third-order valence-electron chi connectivity index (χ3n) is 5.63. The summed E-state index contributed by atoms with van der Waals surface area (Å²) in [5.41, 5.74) is 1.39. The fourth-order valence-electron chi connectivity index (χ4n) is 3.99. The normalized spacial score (nSPS) is 15.9. The Balaban J connectivity index is 1.46. The summed E-state index contributed by atoms with van der Waals surface area (Å²) in [5.74, 6) is 2.67. The van der Waals surface area contributed by atoms with Gasteiger partial charge in [-0.05, 0) is 30.9 Å². The zero-order valence-corrected chi connectivity index (χ0v) is 19.7. The molecule has 0 saturated carbocycles. The van der Waals surface area contributed by atoms with Gasteiger partial charge in [-0.15, -0.1) is 0 Å². The monoisotopic (exact) mass is 485 g/mol. The van der Waals surface area contributed by atoms with Crippen LogP contribution < -0.4 is 19.5 Å². The molecule has 178 valence electrons. The van der Waals surface area contributed by atoms with E-state index < -0.39 is 0 Å². The van der Waals surface area contributed by atoms with E-state index in [2.05, 4.69) is 25.4 Å². The van der Waals surface area contributed by atoms with Crippen molar-refractivity contribution < 1.29 is 18.9 Å². The fraction of sp³-hybridized carbons (Fsp3) is 0.364. The molecule has 0 aliphatic carbocycles. The summed E-state index contributed by atoms with van der Waals surface area (Å²) >= 11 is 6.24. The average Bonchev–Trinajstić information content (AvgIpc) is 3.51. The van der Waals surface area contributed by atoms with Gasteiger partial charge in [-0.3, -0.25) is 0 Å². The molecule has 1 aliphatic heterocycles. The van der Waals surface area contributed by atoms with Crippen molar-refractivity contribution in [1.29, 1.82) is 0 Å². The lowest BCUT2D eigenvalue weighted by atomic mass is 10.2. The summed E-state index contributed by atoms with van der Waals surface area (Å²) in [6.45, 7) is 0.703. The number of benzene rings is 1. The third kappa shape index (κ3) is 4.08. The van der Waals surface area contributed by atoms with Crippen molar-refractivity contribution >= 4 is 34.3 Å². The van der Waals surface area contributed by atoms with Crippen molar-refractivity contribution in [2.24, 2.45) is 0 Å². The van der Waals surface area contributed by atoms with E-state index in [1.54, 1.807) is 38.5 Å². The van der Waals surface area contributed by atoms with E-state index in [4.69, 9.17) is 30.5 Å². The van der Waals surface area contributed by atoms with E-state index in [0.717, 1.165) is 30.3 Å². The summed E-state index contributed by atoms with van der Waals surface area (Å²) in [7, 11) is 4.71. The zero-order chi connectivity index (χ0) is 23.7. The molecule has 0 amide bonds. The molecule has 4 aromatic rings. The number of imidazole rings is 1. The van der Waals surface area contributed by atoms with Crippen molar-refractivity contribution in [1.82, 2.24) is 29.3 Å². The molecule has 1 aromatic carbocycles. The lowest BCUT2D eigenvalue weighted by Crippen LogP contribution is -2.19. The molecule has 0 radical (unpaired) electrons. The van der Waals surface area contributed by atoms with Crippen molar-refractivity contribution in [2.45, 2.75) is 25.5 Å². The van der Waals surface area contributed by atoms with Crippen LogP contribution >= 0.6 is 11.6 Å². The highest BCUT2D eigenvalue weighted by molar-refractivity contribution is 6.28. The van der Waals surface area contributed by atoms with Crippen LogP contribution in [0.2, 0.25) is 5.28 Å². The molecule has 5 rings (SSSR count). The molecule has 3 aromatic heterocycles. The molecular weight excluding hydrogens is 462 g/mol. The van der Waals surface area contributed by atoms with Gasteiger partial charge in [0.2, 0.25) is 11.0 Å². The highest BCUT2D eigenvalue weighted by Crippen LogP contribution is 2.39. The summed E-state index contributed by atoms with van der Waals surface area (Å²) < 4.78 is 25.8. The van der Waals surface area contributed by atoms with Crippen LogP contribution in [0.1, 0.15) is 25.5 Å². The van der Waals surface area contributed by atoms with Crippen molar-refractivity contribution in [3.63, 3.8) is 0 Å². The van der Waals surface area contributed by atoms with Gasteiger partial charge in [-0.1, -0.05) is 0 Å². The Morgan fingerprint density at radius 2 is 1.88 bits per heavy atom. The van der Waals surface area contributed by atoms with Crippen LogP contribution in [-0.4, -0.2) is 57.2 Å². The van der Waals surface area contributed by atoms with E-state index in [0.29, 0.717) is 41.1 Å². The highest BCUT2D eigenvalue weighted by atomic mass is 35.5. The highest BCUT2D eigenvalue weighted by Gasteiger charge is 2.22. The van der Waals surface area contributed by atoms with Crippen LogP contribution in [0.25, 0.3) is 16.7 Å². The molecule has 12 heteroatoms. The molecule has 1 fully saturated rings. The number of halogens is 1. The van der Waals surface area contributed by atoms with Crippen LogP contribution in [0.5, 0.6) is 17.2 Å². The minimum atomic E-state index is -0.163. The molecular formula is C22H24ClN7O4. The maximum atomic E-state index is 6.24. The largest absolute Gasteiger partial charge is 0.493 e. The Morgan fingerprint density at radius 1 is 1.09 bits per heavy atom. The first kappa shape index (κ1) is 22.2. The molecule has 4 heterocycles. The minimum Gasteiger partial charge on any atom is -0.493 e. The topological polar surface area (TPSA) is 110 Å². The maximum Gasteiger partial charge on any atom is 0.226 e. The van der Waals surface area contributed by atoms with Gasteiger partial charge in [0.1, 0.15) is 18.0 Å². The second kappa shape index (κ2) is 9.35. The van der Waals surface area contributed by atoms with Crippen LogP contribution in [0, 0.1) is 0 Å². The number of aromatic nitrogens is 6. The Morgan fingerprint density at radius 3 is 2.56 bits per heavy atom. The predicted octanol–water partition coefficient (Wildman–Crippen LogP) is 4.13. The van der Waals surface area contributed by atoms with Gasteiger partial charge in [0, 0.05) is 18.7 Å². The summed E-state index contributed by atoms with van der Waals surface area (Å²) in [4.78, 5) is 13.2. The number of ether oxygens (including phenoxy) is 4. The van der Waals surface area contributed by atoms with Crippen molar-refractivity contribution in [3.8, 4) is 22.9 Å². The van der Waals surface area contributed by atoms with Gasteiger partial charge in [-0.25, -0.2) is 9.67 Å². The molecule has 1 aliphatic rings. The van der Waals surface area contributed by atoms with Gasteiger partial charge in [0.15, 0.2) is 23.4 Å². The summed E-state index contributed by atoms with van der Waals surface area (Å²) in [6.07, 6.45) is 8.03. The van der Waals surface area contributed by atoms with Crippen molar-refractivity contribution in [2.75, 3.05) is 33.3 Å². The molecule has 1 saturated heterocycles. The van der Waals surface area contributed by atoms with Gasteiger partial charge in [0.25, 0.3) is 0 Å². The number of nitrogens with one attached hydrogen (secondary N) is 1. The second-order valence-electron chi connectivity index (χ2n) is 7.66. The second-order valence-corrected chi connectivity index (χ2v) is 8.00. The SMILES string of the molecule is COc1cc(-n2cnc(Nc3nc(Cl)nc4c3cnn4C3CCCCO3)c2)cc(OC)c1OC. The van der Waals surface area contributed by atoms with Crippen LogP contribution in [0.15, 0.2) is 30.9 Å². The average molecular weight is 486 g/mol. The Bertz CT molecular complexity index is 1290. The van der Waals surface area contributed by atoms with Crippen LogP contribution in [0.3, 0.4) is 0 Å². The zero-order valence-electron chi connectivity index (χ0n) is 19.0. The standard InChI is InChI=1S/C22H24ClN7O4/c1-31-15-8-13(9-16(32-2)19(15)33-3)29-11-17(24-12-29)26-20-14-10-25-30(18-6-4-5-7-34-18)21(14)28-22(23)27-20/h8-12,18H,4-7H2,1-3H3,(H,26,27,28). The summed E-state index contributed by atoms with van der Waals surface area (Å²) in [5, 5.41) is 8.55. The lowest BCUT2D eigenvalue weighted by Gasteiger charge is -2.23. The van der Waals surface area contributed by atoms with Gasteiger partial charge >= 0.3 is 0 Å². The lowest BCUT2D eigenvalue weighted by molar-refractivity contribution is -0.0370. The quantitative estimate of drug-likeness (QED) is 0.386. The molecule has 34 heavy (non-hydrogen) atoms. The van der Waals surface area contributed by atoms with Gasteiger partial charge in [-0.2, -0.15) is 15.1 Å². The van der Waals surface area contributed by atoms with E-state index >= 15 is 0 Å². The molecule has 0 bridgehead atoms. The number of anilines is 2. The van der Waals surface area contributed by atoms with Crippen LogP contribution in [-0.2, 0) is 4.74 Å². The van der Waals surface area contributed by atoms with E-state index in [9.17, 15) is 0 Å². The predicted molar refractivity (Wildman–Crippen MR) is 126 cm³/mol. The Kier molecular flexibility index (Phi) is 6.12. The number of nitrogens with zero attached hydrogens (tertiary/aromatic N) is 6. The number of methoxy groups -OCH3 is 3. The van der Waals surface area contributed by atoms with Gasteiger partial charge in [0.05, 0.1) is 44.8 Å². The molecule has 1 unspecified atom stereocenters.